The van der Waals surface area contributed by atoms with Gasteiger partial charge in [0.05, 0.1) is 5.69 Å². The van der Waals surface area contributed by atoms with E-state index in [0.29, 0.717) is 10.7 Å². The zero-order valence-electron chi connectivity index (χ0n) is 9.79. The van der Waals surface area contributed by atoms with Crippen molar-refractivity contribution in [3.63, 3.8) is 0 Å². The predicted molar refractivity (Wildman–Crippen MR) is 72.7 cm³/mol. The quantitative estimate of drug-likeness (QED) is 0.860. The van der Waals surface area contributed by atoms with Gasteiger partial charge in [0.15, 0.2) is 0 Å². The van der Waals surface area contributed by atoms with Gasteiger partial charge in [-0.15, -0.1) is 0 Å². The fourth-order valence-corrected chi connectivity index (χ4v) is 2.66. The smallest absolute Gasteiger partial charge is 0.146 e. The maximum absolute atomic E-state index is 13.6. The monoisotopic (exact) mass is 261 g/mol. The Morgan fingerprint density at radius 2 is 1.72 bits per heavy atom. The first-order valence-corrected chi connectivity index (χ1v) is 6.38. The molecule has 1 aliphatic carbocycles. The Morgan fingerprint density at radius 1 is 1.06 bits per heavy atom. The molecule has 0 atom stereocenters. The molecule has 0 unspecified atom stereocenters. The summed E-state index contributed by atoms with van der Waals surface area (Å²) in [5, 5.41) is 3.79. The average Bonchev–Trinajstić information content (AvgIpc) is 2.76. The summed E-state index contributed by atoms with van der Waals surface area (Å²) >= 11 is 5.88. The number of hydrogen-bond donors (Lipinski definition) is 1. The Morgan fingerprint density at radius 3 is 2.39 bits per heavy atom. The molecule has 0 radical (unpaired) electrons. The van der Waals surface area contributed by atoms with Gasteiger partial charge in [0, 0.05) is 11.1 Å². The summed E-state index contributed by atoms with van der Waals surface area (Å²) in [5.41, 5.74) is 3.18. The van der Waals surface area contributed by atoms with Crippen molar-refractivity contribution in [1.29, 1.82) is 0 Å². The van der Waals surface area contributed by atoms with Crippen LogP contribution in [0.2, 0.25) is 5.02 Å². The number of halogens is 2. The maximum atomic E-state index is 13.6. The Hall–Kier alpha value is -1.54. The van der Waals surface area contributed by atoms with E-state index in [1.165, 1.54) is 17.2 Å². The van der Waals surface area contributed by atoms with Gasteiger partial charge in [-0.25, -0.2) is 4.39 Å². The zero-order valence-corrected chi connectivity index (χ0v) is 10.5. The minimum absolute atomic E-state index is 0.246. The van der Waals surface area contributed by atoms with Crippen molar-refractivity contribution >= 4 is 17.3 Å². The fraction of sp³-hybridized carbons (Fsp3) is 0.200. The molecule has 2 aromatic rings. The summed E-state index contributed by atoms with van der Waals surface area (Å²) in [6.45, 7) is 0. The van der Waals surface area contributed by atoms with Gasteiger partial charge in [0.1, 0.15) is 5.82 Å². The lowest BCUT2D eigenvalue weighted by Gasteiger charge is -2.14. The van der Waals surface area contributed by atoms with Crippen LogP contribution in [-0.4, -0.2) is 6.04 Å². The van der Waals surface area contributed by atoms with Crippen molar-refractivity contribution in [3.8, 4) is 0 Å². The van der Waals surface area contributed by atoms with Crippen LogP contribution in [0.15, 0.2) is 42.5 Å². The van der Waals surface area contributed by atoms with Gasteiger partial charge >= 0.3 is 0 Å². The Bertz CT molecular complexity index is 557. The molecule has 0 amide bonds. The molecule has 1 N–H and O–H groups in total. The average molecular weight is 262 g/mol. The molecule has 0 aliphatic heterocycles. The number of nitrogens with one attached hydrogen (secondary N) is 1. The fourth-order valence-electron chi connectivity index (χ4n) is 2.49. The molecule has 3 heteroatoms. The Balaban J connectivity index is 1.78. The molecular weight excluding hydrogens is 249 g/mol. The first-order valence-electron chi connectivity index (χ1n) is 6.01. The van der Waals surface area contributed by atoms with E-state index in [-0.39, 0.29) is 11.9 Å². The van der Waals surface area contributed by atoms with Crippen LogP contribution in [0.3, 0.4) is 0 Å². The van der Waals surface area contributed by atoms with Crippen LogP contribution in [-0.2, 0) is 12.8 Å². The van der Waals surface area contributed by atoms with Crippen molar-refractivity contribution in [1.82, 2.24) is 0 Å². The molecule has 0 heterocycles. The zero-order chi connectivity index (χ0) is 12.5. The first-order chi connectivity index (χ1) is 8.72. The van der Waals surface area contributed by atoms with Crippen molar-refractivity contribution in [2.24, 2.45) is 0 Å². The van der Waals surface area contributed by atoms with E-state index in [0.717, 1.165) is 12.8 Å². The highest BCUT2D eigenvalue weighted by atomic mass is 35.5. The van der Waals surface area contributed by atoms with Crippen LogP contribution in [0.1, 0.15) is 11.1 Å². The van der Waals surface area contributed by atoms with E-state index < -0.39 is 0 Å². The van der Waals surface area contributed by atoms with Crippen LogP contribution in [0.25, 0.3) is 0 Å². The molecular formula is C15H13ClFN. The molecule has 0 aromatic heterocycles. The van der Waals surface area contributed by atoms with E-state index in [4.69, 9.17) is 11.6 Å². The topological polar surface area (TPSA) is 12.0 Å². The molecule has 0 saturated carbocycles. The lowest BCUT2D eigenvalue weighted by atomic mass is 10.1. The second-order valence-electron chi connectivity index (χ2n) is 4.64. The first kappa shape index (κ1) is 11.5. The number of anilines is 1. The molecule has 3 rings (SSSR count). The maximum Gasteiger partial charge on any atom is 0.146 e. The number of benzene rings is 2. The summed E-state index contributed by atoms with van der Waals surface area (Å²) in [5.74, 6) is -0.254. The second-order valence-corrected chi connectivity index (χ2v) is 5.08. The molecule has 0 bridgehead atoms. The van der Waals surface area contributed by atoms with Crippen molar-refractivity contribution < 1.29 is 4.39 Å². The highest BCUT2D eigenvalue weighted by Crippen LogP contribution is 2.26. The third-order valence-corrected chi connectivity index (χ3v) is 3.57. The van der Waals surface area contributed by atoms with Gasteiger partial charge in [0.2, 0.25) is 0 Å². The minimum atomic E-state index is -0.254. The van der Waals surface area contributed by atoms with Crippen molar-refractivity contribution in [2.45, 2.75) is 18.9 Å². The molecule has 18 heavy (non-hydrogen) atoms. The highest BCUT2D eigenvalue weighted by Gasteiger charge is 2.21. The van der Waals surface area contributed by atoms with Crippen LogP contribution < -0.4 is 5.32 Å². The third kappa shape index (κ3) is 2.21. The van der Waals surface area contributed by atoms with Gasteiger partial charge in [-0.05, 0) is 42.2 Å². The third-order valence-electron chi connectivity index (χ3n) is 3.34. The van der Waals surface area contributed by atoms with Gasteiger partial charge in [-0.3, -0.25) is 0 Å². The lowest BCUT2D eigenvalue weighted by molar-refractivity contribution is 0.625. The SMILES string of the molecule is Fc1ccc(Cl)cc1NC1Cc2ccccc2C1. The number of fused-ring (bicyclic) bond motifs is 1. The van der Waals surface area contributed by atoms with Crippen molar-refractivity contribution in [2.75, 3.05) is 5.32 Å². The molecule has 2 aromatic carbocycles. The second kappa shape index (κ2) is 4.62. The molecule has 0 saturated heterocycles. The standard InChI is InChI=1S/C15H13ClFN/c16-12-5-6-14(17)15(9-12)18-13-7-10-3-1-2-4-11(10)8-13/h1-6,9,13,18H,7-8H2. The van der Waals surface area contributed by atoms with Gasteiger partial charge < -0.3 is 5.32 Å². The van der Waals surface area contributed by atoms with E-state index in [9.17, 15) is 4.39 Å². The molecule has 1 nitrogen and oxygen atoms in total. The van der Waals surface area contributed by atoms with Gasteiger partial charge in [-0.1, -0.05) is 35.9 Å². The van der Waals surface area contributed by atoms with Gasteiger partial charge in [0.25, 0.3) is 0 Å². The number of hydrogen-bond acceptors (Lipinski definition) is 1. The van der Waals surface area contributed by atoms with Crippen LogP contribution in [0, 0.1) is 5.82 Å². The van der Waals surface area contributed by atoms with Crippen LogP contribution in [0.4, 0.5) is 10.1 Å². The van der Waals surface area contributed by atoms with E-state index in [1.54, 1.807) is 12.1 Å². The minimum Gasteiger partial charge on any atom is -0.379 e. The summed E-state index contributed by atoms with van der Waals surface area (Å²) in [7, 11) is 0. The molecule has 0 fully saturated rings. The summed E-state index contributed by atoms with van der Waals surface area (Å²) in [6, 6.07) is 13.2. The highest BCUT2D eigenvalue weighted by molar-refractivity contribution is 6.30. The molecule has 1 aliphatic rings. The molecule has 0 spiro atoms. The summed E-state index contributed by atoms with van der Waals surface area (Å²) in [6.07, 6.45) is 1.87. The number of rotatable bonds is 2. The molecule has 92 valence electrons. The van der Waals surface area contributed by atoms with Crippen LogP contribution in [0.5, 0.6) is 0 Å². The Kier molecular flexibility index (Phi) is 2.96. The largest absolute Gasteiger partial charge is 0.379 e. The predicted octanol–water partition coefficient (Wildman–Crippen LogP) is 4.06. The van der Waals surface area contributed by atoms with E-state index in [2.05, 4.69) is 17.4 Å². The van der Waals surface area contributed by atoms with Crippen LogP contribution >= 0.6 is 11.6 Å². The van der Waals surface area contributed by atoms with E-state index >= 15 is 0 Å². The van der Waals surface area contributed by atoms with E-state index in [1.807, 2.05) is 12.1 Å². The summed E-state index contributed by atoms with van der Waals surface area (Å²) in [4.78, 5) is 0. The normalized spacial score (nSPS) is 14.6. The lowest BCUT2D eigenvalue weighted by Crippen LogP contribution is -2.20. The summed E-state index contributed by atoms with van der Waals surface area (Å²) < 4.78 is 13.6. The Labute approximate surface area is 111 Å². The van der Waals surface area contributed by atoms with Crippen molar-refractivity contribution in [3.05, 3.63) is 64.4 Å². The van der Waals surface area contributed by atoms with Gasteiger partial charge in [-0.2, -0.15) is 0 Å².